The topological polar surface area (TPSA) is 77.2 Å². The van der Waals surface area contributed by atoms with Crippen molar-refractivity contribution in [3.05, 3.63) is 35.5 Å². The molecule has 1 aliphatic heterocycles. The van der Waals surface area contributed by atoms with Gasteiger partial charge >= 0.3 is 6.03 Å². The molecule has 2 heterocycles. The van der Waals surface area contributed by atoms with Crippen LogP contribution in [-0.2, 0) is 11.2 Å². The molecule has 0 spiro atoms. The van der Waals surface area contributed by atoms with Gasteiger partial charge in [-0.2, -0.15) is 0 Å². The highest BCUT2D eigenvalue weighted by Gasteiger charge is 2.29. The number of nitrogens with zero attached hydrogens (tertiary/aromatic N) is 1. The summed E-state index contributed by atoms with van der Waals surface area (Å²) in [7, 11) is 1.75. The molecule has 6 nitrogen and oxygen atoms in total. The summed E-state index contributed by atoms with van der Waals surface area (Å²) in [5.74, 6) is -0.0211. The van der Waals surface area contributed by atoms with Crippen LogP contribution in [0.25, 0.3) is 10.9 Å². The fourth-order valence-electron chi connectivity index (χ4n) is 3.05. The minimum absolute atomic E-state index is 0.0211. The molecule has 1 aliphatic rings. The van der Waals surface area contributed by atoms with Crippen LogP contribution in [0.15, 0.2) is 24.4 Å². The number of H-pyrrole nitrogens is 1. The summed E-state index contributed by atoms with van der Waals surface area (Å²) in [6, 6.07) is 5.52. The fourth-order valence-corrected chi connectivity index (χ4v) is 3.05. The van der Waals surface area contributed by atoms with Gasteiger partial charge in [-0.3, -0.25) is 4.79 Å². The lowest BCUT2D eigenvalue weighted by atomic mass is 10.1. The number of likely N-dealkylation sites (tertiary alicyclic amines) is 1. The predicted octanol–water partition coefficient (Wildman–Crippen LogP) is 1.55. The van der Waals surface area contributed by atoms with Crippen LogP contribution < -0.4 is 10.6 Å². The Bertz CT molecular complexity index is 737. The number of amides is 3. The molecule has 3 amide bonds. The zero-order valence-electron chi connectivity index (χ0n) is 13.5. The number of rotatable bonds is 4. The smallest absolute Gasteiger partial charge is 0.315 e. The molecule has 0 bridgehead atoms. The Labute approximate surface area is 135 Å². The molecular formula is C17H22N4O2. The van der Waals surface area contributed by atoms with Gasteiger partial charge in [0.1, 0.15) is 6.04 Å². The molecule has 1 saturated heterocycles. The number of aryl methyl sites for hydroxylation is 1. The Hall–Kier alpha value is -2.50. The third-order valence-corrected chi connectivity index (χ3v) is 4.42. The van der Waals surface area contributed by atoms with E-state index in [2.05, 4.69) is 34.7 Å². The van der Waals surface area contributed by atoms with Gasteiger partial charge in [-0.25, -0.2) is 4.79 Å². The van der Waals surface area contributed by atoms with E-state index >= 15 is 0 Å². The summed E-state index contributed by atoms with van der Waals surface area (Å²) in [4.78, 5) is 28.6. The Balaban J connectivity index is 1.52. The van der Waals surface area contributed by atoms with E-state index in [4.69, 9.17) is 0 Å². The van der Waals surface area contributed by atoms with Gasteiger partial charge in [-0.1, -0.05) is 18.2 Å². The maximum Gasteiger partial charge on any atom is 0.315 e. The molecule has 0 radical (unpaired) electrons. The molecule has 2 aromatic rings. The molecule has 3 rings (SSSR count). The average molecular weight is 314 g/mol. The van der Waals surface area contributed by atoms with Gasteiger partial charge in [0.05, 0.1) is 0 Å². The largest absolute Gasteiger partial charge is 0.361 e. The number of nitrogens with one attached hydrogen (secondary N) is 3. The number of carbonyl (C=O) groups excluding carboxylic acids is 2. The van der Waals surface area contributed by atoms with Crippen molar-refractivity contribution in [3.63, 3.8) is 0 Å². The number of likely N-dealkylation sites (N-methyl/N-ethyl adjacent to an activating group) is 1. The highest BCUT2D eigenvalue weighted by Crippen LogP contribution is 2.21. The van der Waals surface area contributed by atoms with Gasteiger partial charge in [0, 0.05) is 37.2 Å². The van der Waals surface area contributed by atoms with Gasteiger partial charge in [-0.05, 0) is 30.9 Å². The SMILES string of the molecule is Cc1cccc2c(CCNC(=O)N[C@@H]3CCN(C)C3=O)c[nH]c12. The van der Waals surface area contributed by atoms with Gasteiger partial charge < -0.3 is 20.5 Å². The van der Waals surface area contributed by atoms with E-state index in [1.807, 2.05) is 12.3 Å². The van der Waals surface area contributed by atoms with E-state index in [-0.39, 0.29) is 11.9 Å². The van der Waals surface area contributed by atoms with Crippen molar-refractivity contribution in [3.8, 4) is 0 Å². The predicted molar refractivity (Wildman–Crippen MR) is 89.3 cm³/mol. The number of urea groups is 1. The van der Waals surface area contributed by atoms with Crippen molar-refractivity contribution in [2.45, 2.75) is 25.8 Å². The van der Waals surface area contributed by atoms with Crippen LogP contribution >= 0.6 is 0 Å². The molecule has 3 N–H and O–H groups in total. The van der Waals surface area contributed by atoms with Gasteiger partial charge in [0.25, 0.3) is 0 Å². The molecule has 1 aromatic carbocycles. The summed E-state index contributed by atoms with van der Waals surface area (Å²) in [6.45, 7) is 3.30. The summed E-state index contributed by atoms with van der Waals surface area (Å²) in [5, 5.41) is 6.76. The first-order valence-electron chi connectivity index (χ1n) is 7.91. The van der Waals surface area contributed by atoms with E-state index in [0.29, 0.717) is 19.5 Å². The van der Waals surface area contributed by atoms with Crippen molar-refractivity contribution < 1.29 is 9.59 Å². The van der Waals surface area contributed by atoms with Crippen molar-refractivity contribution in [1.82, 2.24) is 20.5 Å². The first-order valence-corrected chi connectivity index (χ1v) is 7.91. The Kier molecular flexibility index (Phi) is 4.23. The zero-order chi connectivity index (χ0) is 16.4. The van der Waals surface area contributed by atoms with Crippen molar-refractivity contribution in [2.75, 3.05) is 20.1 Å². The number of hydrogen-bond acceptors (Lipinski definition) is 2. The zero-order valence-corrected chi connectivity index (χ0v) is 13.5. The van der Waals surface area contributed by atoms with Crippen LogP contribution in [0.5, 0.6) is 0 Å². The summed E-state index contributed by atoms with van der Waals surface area (Å²) >= 11 is 0. The molecule has 6 heteroatoms. The molecule has 122 valence electrons. The number of aromatic nitrogens is 1. The van der Waals surface area contributed by atoms with Crippen LogP contribution in [0.3, 0.4) is 0 Å². The number of fused-ring (bicyclic) bond motifs is 1. The van der Waals surface area contributed by atoms with E-state index in [9.17, 15) is 9.59 Å². The van der Waals surface area contributed by atoms with Crippen molar-refractivity contribution in [2.24, 2.45) is 0 Å². The monoisotopic (exact) mass is 314 g/mol. The minimum atomic E-state index is -0.393. The molecule has 23 heavy (non-hydrogen) atoms. The van der Waals surface area contributed by atoms with Crippen molar-refractivity contribution >= 4 is 22.8 Å². The Morgan fingerprint density at radius 2 is 2.26 bits per heavy atom. The Morgan fingerprint density at radius 3 is 3.00 bits per heavy atom. The van der Waals surface area contributed by atoms with E-state index in [0.717, 1.165) is 11.9 Å². The van der Waals surface area contributed by atoms with Crippen LogP contribution in [0.2, 0.25) is 0 Å². The molecule has 0 unspecified atom stereocenters. The number of carbonyl (C=O) groups is 2. The molecule has 1 fully saturated rings. The Morgan fingerprint density at radius 1 is 1.43 bits per heavy atom. The molecular weight excluding hydrogens is 292 g/mol. The second-order valence-electron chi connectivity index (χ2n) is 6.06. The number of benzene rings is 1. The summed E-state index contributed by atoms with van der Waals surface area (Å²) in [6.07, 6.45) is 3.41. The van der Waals surface area contributed by atoms with Crippen LogP contribution in [0.1, 0.15) is 17.5 Å². The maximum atomic E-state index is 11.9. The average Bonchev–Trinajstić information content (AvgIpc) is 3.07. The van der Waals surface area contributed by atoms with E-state index < -0.39 is 6.04 Å². The molecule has 0 aliphatic carbocycles. The molecule has 1 aromatic heterocycles. The second kappa shape index (κ2) is 6.32. The fraction of sp³-hybridized carbons (Fsp3) is 0.412. The molecule has 1 atom stereocenters. The lowest BCUT2D eigenvalue weighted by Gasteiger charge is -2.13. The normalized spacial score (nSPS) is 17.7. The van der Waals surface area contributed by atoms with Crippen LogP contribution in [0, 0.1) is 6.92 Å². The number of aromatic amines is 1. The lowest BCUT2D eigenvalue weighted by Crippen LogP contribution is -2.46. The second-order valence-corrected chi connectivity index (χ2v) is 6.06. The summed E-state index contributed by atoms with van der Waals surface area (Å²) in [5.41, 5.74) is 3.54. The van der Waals surface area contributed by atoms with Crippen LogP contribution in [0.4, 0.5) is 4.79 Å². The highest BCUT2D eigenvalue weighted by atomic mass is 16.2. The first-order chi connectivity index (χ1) is 11.1. The lowest BCUT2D eigenvalue weighted by molar-refractivity contribution is -0.128. The number of hydrogen-bond donors (Lipinski definition) is 3. The summed E-state index contributed by atoms with van der Waals surface area (Å²) < 4.78 is 0. The molecule has 0 saturated carbocycles. The van der Waals surface area contributed by atoms with Crippen molar-refractivity contribution in [1.29, 1.82) is 0 Å². The third kappa shape index (κ3) is 3.16. The standard InChI is InChI=1S/C17H22N4O2/c1-11-4-3-5-13-12(10-19-15(11)13)6-8-18-17(23)20-14-7-9-21(2)16(14)22/h3-5,10,14,19H,6-9H2,1-2H3,(H2,18,20,23)/t14-/m1/s1. The van der Waals surface area contributed by atoms with E-state index in [1.165, 1.54) is 16.5 Å². The quantitative estimate of drug-likeness (QED) is 0.801. The minimum Gasteiger partial charge on any atom is -0.361 e. The van der Waals surface area contributed by atoms with E-state index in [1.54, 1.807) is 11.9 Å². The highest BCUT2D eigenvalue weighted by molar-refractivity contribution is 5.88. The number of para-hydroxylation sites is 1. The van der Waals surface area contributed by atoms with Crippen LogP contribution in [-0.4, -0.2) is 48.0 Å². The third-order valence-electron chi connectivity index (χ3n) is 4.42. The first kappa shape index (κ1) is 15.4. The van der Waals surface area contributed by atoms with Gasteiger partial charge in [-0.15, -0.1) is 0 Å². The van der Waals surface area contributed by atoms with Gasteiger partial charge in [0.2, 0.25) is 5.91 Å². The maximum absolute atomic E-state index is 11.9. The van der Waals surface area contributed by atoms with Gasteiger partial charge in [0.15, 0.2) is 0 Å².